The molecule has 0 spiro atoms. The van der Waals surface area contributed by atoms with Gasteiger partial charge in [0, 0.05) is 29.2 Å². The van der Waals surface area contributed by atoms with Crippen LogP contribution in [-0.4, -0.2) is 6.54 Å². The van der Waals surface area contributed by atoms with Crippen LogP contribution in [0.3, 0.4) is 0 Å². The number of aryl methyl sites for hydroxylation is 1. The van der Waals surface area contributed by atoms with Crippen molar-refractivity contribution < 1.29 is 0 Å². The van der Waals surface area contributed by atoms with Crippen molar-refractivity contribution in [1.82, 2.24) is 5.32 Å². The van der Waals surface area contributed by atoms with E-state index in [2.05, 4.69) is 88.4 Å². The molecule has 1 aromatic rings. The number of benzene rings is 1. The Hall–Kier alpha value is -2.22. The molecule has 0 aliphatic carbocycles. The van der Waals surface area contributed by atoms with Crippen LogP contribution in [0.1, 0.15) is 97.1 Å². The van der Waals surface area contributed by atoms with E-state index in [0.29, 0.717) is 0 Å². The van der Waals surface area contributed by atoms with Crippen molar-refractivity contribution in [2.24, 2.45) is 11.8 Å². The minimum Gasteiger partial charge on any atom is -0.386 e. The molecule has 0 radical (unpaired) electrons. The SMILES string of the molecule is C=CCC(C)CC(CC)CCCC(=C)Nc1cccc(C)c1/C=C\C(=C)NCCCC.CC. The standard InChI is InChI=1S/C29H46N2.C2H6/c1-8-11-21-30-25(6)19-20-28-24(5)15-12-18-29(28)31-26(7)16-13-17-27(10-3)22-23(4)14-9-2;1-2/h9,12,15,18-20,23,27,30-31H,2,6-8,10-11,13-14,16-17,21-22H2,1,3-5H3;1-2H3/b20-19-;. The van der Waals surface area contributed by atoms with Gasteiger partial charge < -0.3 is 10.6 Å². The van der Waals surface area contributed by atoms with Crippen LogP contribution in [0.15, 0.2) is 61.5 Å². The fraction of sp³-hybridized carbons (Fsp3) is 0.548. The fourth-order valence-corrected chi connectivity index (χ4v) is 3.97. The Morgan fingerprint density at radius 2 is 1.85 bits per heavy atom. The first kappa shape index (κ1) is 30.8. The molecule has 0 amide bonds. The third-order valence-electron chi connectivity index (χ3n) is 5.94. The lowest BCUT2D eigenvalue weighted by molar-refractivity contribution is 0.355. The predicted molar refractivity (Wildman–Crippen MR) is 153 cm³/mol. The van der Waals surface area contributed by atoms with Gasteiger partial charge in [-0.25, -0.2) is 0 Å². The largest absolute Gasteiger partial charge is 0.386 e. The summed E-state index contributed by atoms with van der Waals surface area (Å²) >= 11 is 0. The summed E-state index contributed by atoms with van der Waals surface area (Å²) in [7, 11) is 0. The molecule has 2 heteroatoms. The van der Waals surface area contributed by atoms with Crippen molar-refractivity contribution in [1.29, 1.82) is 0 Å². The van der Waals surface area contributed by atoms with Gasteiger partial charge in [0.1, 0.15) is 0 Å². The van der Waals surface area contributed by atoms with Gasteiger partial charge in [0.2, 0.25) is 0 Å². The van der Waals surface area contributed by atoms with Crippen LogP contribution in [0, 0.1) is 18.8 Å². The van der Waals surface area contributed by atoms with Gasteiger partial charge in [0.05, 0.1) is 0 Å². The highest BCUT2D eigenvalue weighted by atomic mass is 14.9. The minimum absolute atomic E-state index is 0.733. The highest BCUT2D eigenvalue weighted by Gasteiger charge is 2.11. The van der Waals surface area contributed by atoms with E-state index in [1.54, 1.807) is 0 Å². The lowest BCUT2D eigenvalue weighted by Gasteiger charge is -2.19. The van der Waals surface area contributed by atoms with Crippen molar-refractivity contribution in [3.63, 3.8) is 0 Å². The molecule has 0 aliphatic rings. The van der Waals surface area contributed by atoms with Crippen LogP contribution in [0.2, 0.25) is 0 Å². The second-order valence-electron chi connectivity index (χ2n) is 8.94. The van der Waals surface area contributed by atoms with Crippen LogP contribution in [-0.2, 0) is 0 Å². The third-order valence-corrected chi connectivity index (χ3v) is 5.94. The molecular formula is C31H52N2. The van der Waals surface area contributed by atoms with Gasteiger partial charge in [-0.3, -0.25) is 0 Å². The summed E-state index contributed by atoms with van der Waals surface area (Å²) in [5.41, 5.74) is 5.62. The zero-order chi connectivity index (χ0) is 25.1. The van der Waals surface area contributed by atoms with Gasteiger partial charge in [0.25, 0.3) is 0 Å². The van der Waals surface area contributed by atoms with Gasteiger partial charge in [0.15, 0.2) is 0 Å². The summed E-state index contributed by atoms with van der Waals surface area (Å²) in [6.45, 7) is 26.3. The Morgan fingerprint density at radius 3 is 2.48 bits per heavy atom. The van der Waals surface area contributed by atoms with Gasteiger partial charge in [-0.1, -0.05) is 91.3 Å². The number of hydrogen-bond donors (Lipinski definition) is 2. The quantitative estimate of drug-likeness (QED) is 0.140. The summed E-state index contributed by atoms with van der Waals surface area (Å²) in [6.07, 6.45) is 15.7. The van der Waals surface area contributed by atoms with E-state index in [-0.39, 0.29) is 0 Å². The van der Waals surface area contributed by atoms with E-state index in [9.17, 15) is 0 Å². The first-order chi connectivity index (χ1) is 15.9. The number of anilines is 1. The molecule has 2 unspecified atom stereocenters. The fourth-order valence-electron chi connectivity index (χ4n) is 3.97. The van der Waals surface area contributed by atoms with Crippen LogP contribution in [0.25, 0.3) is 6.08 Å². The van der Waals surface area contributed by atoms with E-state index in [1.807, 2.05) is 19.9 Å². The maximum Gasteiger partial charge on any atom is 0.0457 e. The second-order valence-corrected chi connectivity index (χ2v) is 8.94. The lowest BCUT2D eigenvalue weighted by atomic mass is 9.88. The molecule has 0 saturated heterocycles. The number of rotatable bonds is 17. The van der Waals surface area contributed by atoms with Gasteiger partial charge in [-0.15, -0.1) is 6.58 Å². The zero-order valence-corrected chi connectivity index (χ0v) is 22.6. The Morgan fingerprint density at radius 1 is 1.12 bits per heavy atom. The summed E-state index contributed by atoms with van der Waals surface area (Å²) in [5.74, 6) is 1.53. The van der Waals surface area contributed by atoms with Crippen molar-refractivity contribution in [3.8, 4) is 0 Å². The molecule has 1 aromatic carbocycles. The molecule has 1 rings (SSSR count). The Bertz CT molecular complexity index is 714. The zero-order valence-electron chi connectivity index (χ0n) is 22.6. The van der Waals surface area contributed by atoms with Crippen LogP contribution < -0.4 is 10.6 Å². The van der Waals surface area contributed by atoms with Crippen molar-refractivity contribution in [2.75, 3.05) is 11.9 Å². The highest BCUT2D eigenvalue weighted by molar-refractivity contribution is 5.71. The second kappa shape index (κ2) is 19.3. The summed E-state index contributed by atoms with van der Waals surface area (Å²) in [6, 6.07) is 6.39. The first-order valence-corrected chi connectivity index (χ1v) is 13.2. The number of hydrogen-bond acceptors (Lipinski definition) is 2. The number of allylic oxidation sites excluding steroid dienone is 3. The average molecular weight is 453 g/mol. The molecule has 33 heavy (non-hydrogen) atoms. The molecule has 2 atom stereocenters. The Labute approximate surface area is 206 Å². The highest BCUT2D eigenvalue weighted by Crippen LogP contribution is 2.26. The normalized spacial score (nSPS) is 12.4. The minimum atomic E-state index is 0.733. The van der Waals surface area contributed by atoms with Crippen molar-refractivity contribution in [2.45, 2.75) is 92.9 Å². The molecular weight excluding hydrogens is 400 g/mol. The maximum absolute atomic E-state index is 4.30. The van der Waals surface area contributed by atoms with Gasteiger partial charge >= 0.3 is 0 Å². The van der Waals surface area contributed by atoms with Crippen LogP contribution in [0.4, 0.5) is 5.69 Å². The van der Waals surface area contributed by atoms with Crippen molar-refractivity contribution in [3.05, 3.63) is 72.6 Å². The molecule has 0 aliphatic heterocycles. The molecule has 0 aromatic heterocycles. The molecule has 0 bridgehead atoms. The molecule has 0 fully saturated rings. The van der Waals surface area contributed by atoms with Gasteiger partial charge in [-0.2, -0.15) is 0 Å². The number of unbranched alkanes of at least 4 members (excludes halogenated alkanes) is 1. The number of nitrogens with one attached hydrogen (secondary N) is 2. The van der Waals surface area contributed by atoms with Crippen molar-refractivity contribution >= 4 is 11.8 Å². The van der Waals surface area contributed by atoms with E-state index >= 15 is 0 Å². The molecule has 0 saturated carbocycles. The van der Waals surface area contributed by atoms with Crippen LogP contribution >= 0.6 is 0 Å². The maximum atomic E-state index is 4.30. The van der Waals surface area contributed by atoms with E-state index in [1.165, 1.54) is 43.2 Å². The molecule has 2 nitrogen and oxygen atoms in total. The average Bonchev–Trinajstić information content (AvgIpc) is 2.79. The monoisotopic (exact) mass is 452 g/mol. The summed E-state index contributed by atoms with van der Waals surface area (Å²) < 4.78 is 0. The Balaban J connectivity index is 0.00000497. The predicted octanol–water partition coefficient (Wildman–Crippen LogP) is 9.66. The van der Waals surface area contributed by atoms with Gasteiger partial charge in [-0.05, 0) is 68.6 Å². The smallest absolute Gasteiger partial charge is 0.0457 e. The molecule has 0 heterocycles. The lowest BCUT2D eigenvalue weighted by Crippen LogP contribution is -2.11. The summed E-state index contributed by atoms with van der Waals surface area (Å²) in [4.78, 5) is 0. The Kier molecular flexibility index (Phi) is 18.0. The molecule has 2 N–H and O–H groups in total. The molecule has 186 valence electrons. The summed E-state index contributed by atoms with van der Waals surface area (Å²) in [5, 5.41) is 6.95. The van der Waals surface area contributed by atoms with E-state index < -0.39 is 0 Å². The van der Waals surface area contributed by atoms with E-state index in [4.69, 9.17) is 0 Å². The topological polar surface area (TPSA) is 24.1 Å². The third kappa shape index (κ3) is 13.8. The first-order valence-electron chi connectivity index (χ1n) is 13.2. The van der Waals surface area contributed by atoms with E-state index in [0.717, 1.165) is 54.7 Å². The van der Waals surface area contributed by atoms with Crippen LogP contribution in [0.5, 0.6) is 0 Å².